The number of ether oxygens (including phenoxy) is 1. The van der Waals surface area contributed by atoms with Gasteiger partial charge in [-0.25, -0.2) is 18.7 Å². The summed E-state index contributed by atoms with van der Waals surface area (Å²) in [4.78, 5) is 32.6. The molecule has 8 nitrogen and oxygen atoms in total. The molecule has 0 aliphatic carbocycles. The molecule has 0 saturated carbocycles. The van der Waals surface area contributed by atoms with Crippen molar-refractivity contribution in [2.24, 2.45) is 0 Å². The van der Waals surface area contributed by atoms with E-state index in [1.54, 1.807) is 12.1 Å². The summed E-state index contributed by atoms with van der Waals surface area (Å²) >= 11 is 7.30. The van der Waals surface area contributed by atoms with E-state index in [4.69, 9.17) is 21.2 Å². The Morgan fingerprint density at radius 1 is 1.02 bits per heavy atom. The molecule has 41 heavy (non-hydrogen) atoms. The summed E-state index contributed by atoms with van der Waals surface area (Å²) in [6.07, 6.45) is 3.71. The summed E-state index contributed by atoms with van der Waals surface area (Å²) in [7, 11) is -3.60. The summed E-state index contributed by atoms with van der Waals surface area (Å²) in [6.45, 7) is 0.573. The van der Waals surface area contributed by atoms with Crippen molar-refractivity contribution in [3.63, 3.8) is 0 Å². The van der Waals surface area contributed by atoms with Crippen LogP contribution in [0.2, 0.25) is 5.02 Å². The largest absolute Gasteiger partial charge is 0.350 e. The van der Waals surface area contributed by atoms with Crippen LogP contribution in [-0.4, -0.2) is 38.9 Å². The van der Waals surface area contributed by atoms with Crippen LogP contribution in [0.15, 0.2) is 60.7 Å². The van der Waals surface area contributed by atoms with Crippen molar-refractivity contribution in [2.75, 3.05) is 17.7 Å². The molecule has 0 radical (unpaired) electrons. The van der Waals surface area contributed by atoms with E-state index in [2.05, 4.69) is 10.8 Å². The monoisotopic (exact) mass is 616 g/mol. The van der Waals surface area contributed by atoms with Crippen LogP contribution in [0.4, 0.5) is 5.69 Å². The number of anilines is 1. The van der Waals surface area contributed by atoms with Gasteiger partial charge in [0.25, 0.3) is 0 Å². The normalized spacial score (nSPS) is 22.1. The smallest absolute Gasteiger partial charge is 0.245 e. The highest BCUT2D eigenvalue weighted by molar-refractivity contribution is 7.92. The number of benzene rings is 2. The number of amides is 2. The number of hydroxylamine groups is 1. The second-order valence-electron chi connectivity index (χ2n) is 10.5. The van der Waals surface area contributed by atoms with Gasteiger partial charge in [0, 0.05) is 33.5 Å². The zero-order chi connectivity index (χ0) is 28.9. The summed E-state index contributed by atoms with van der Waals surface area (Å²) in [6, 6.07) is 18.3. The van der Waals surface area contributed by atoms with Crippen LogP contribution >= 0.6 is 22.9 Å². The molecule has 3 aromatic rings. The highest BCUT2D eigenvalue weighted by atomic mass is 35.5. The molecule has 2 fully saturated rings. The molecule has 0 bridgehead atoms. The molecular weight excluding hydrogens is 584 g/mol. The molecule has 5 rings (SSSR count). The summed E-state index contributed by atoms with van der Waals surface area (Å²) in [5.74, 6) is -0.602. The Bertz CT molecular complexity index is 1480. The SMILES string of the molecule is O=C(C[C@]1(c2ccc(-c3cccc(NC(=O)Cc4ccc(Cl)cc4)c3)s2)CCCCS1(=O)=O)NOC1CCCCO1. The second kappa shape index (κ2) is 13.0. The Balaban J connectivity index is 1.32. The first-order valence-corrected chi connectivity index (χ1v) is 16.6. The van der Waals surface area contributed by atoms with E-state index in [0.29, 0.717) is 47.9 Å². The summed E-state index contributed by atoms with van der Waals surface area (Å²) in [5.41, 5.74) is 4.78. The number of carbonyl (C=O) groups excluding carboxylic acids is 2. The lowest BCUT2D eigenvalue weighted by atomic mass is 9.94. The average Bonchev–Trinajstić information content (AvgIpc) is 3.46. The Hall–Kier alpha value is -2.76. The lowest BCUT2D eigenvalue weighted by Crippen LogP contribution is -2.45. The first-order chi connectivity index (χ1) is 19.7. The van der Waals surface area contributed by atoms with Crippen molar-refractivity contribution in [2.45, 2.75) is 62.4 Å². The van der Waals surface area contributed by atoms with Crippen LogP contribution in [-0.2, 0) is 40.2 Å². The van der Waals surface area contributed by atoms with Gasteiger partial charge < -0.3 is 10.1 Å². The molecule has 11 heteroatoms. The molecule has 2 saturated heterocycles. The third kappa shape index (κ3) is 7.18. The lowest BCUT2D eigenvalue weighted by molar-refractivity contribution is -0.200. The van der Waals surface area contributed by atoms with E-state index in [-0.39, 0.29) is 24.5 Å². The third-order valence-electron chi connectivity index (χ3n) is 7.49. The zero-order valence-corrected chi connectivity index (χ0v) is 25.0. The fourth-order valence-corrected chi connectivity index (χ4v) is 9.23. The van der Waals surface area contributed by atoms with Gasteiger partial charge in [0.05, 0.1) is 18.6 Å². The fourth-order valence-electron chi connectivity index (χ4n) is 5.33. The molecule has 2 amide bonds. The Morgan fingerprint density at radius 3 is 2.61 bits per heavy atom. The number of sulfone groups is 1. The minimum absolute atomic E-state index is 0.0369. The van der Waals surface area contributed by atoms with Gasteiger partial charge in [-0.05, 0) is 73.2 Å². The number of hydrogen-bond acceptors (Lipinski definition) is 7. The number of hydrogen-bond donors (Lipinski definition) is 2. The van der Waals surface area contributed by atoms with Crippen molar-refractivity contribution in [1.29, 1.82) is 0 Å². The maximum absolute atomic E-state index is 13.5. The van der Waals surface area contributed by atoms with Crippen molar-refractivity contribution in [3.8, 4) is 10.4 Å². The fraction of sp³-hybridized carbons (Fsp3) is 0.400. The molecule has 3 heterocycles. The quantitative estimate of drug-likeness (QED) is 0.285. The number of rotatable bonds is 9. The summed E-state index contributed by atoms with van der Waals surface area (Å²) in [5, 5.41) is 3.55. The van der Waals surface area contributed by atoms with Gasteiger partial charge >= 0.3 is 0 Å². The zero-order valence-electron chi connectivity index (χ0n) is 22.6. The van der Waals surface area contributed by atoms with E-state index in [9.17, 15) is 18.0 Å². The third-order valence-corrected chi connectivity index (χ3v) is 11.8. The number of nitrogens with one attached hydrogen (secondary N) is 2. The van der Waals surface area contributed by atoms with E-state index >= 15 is 0 Å². The minimum atomic E-state index is -3.60. The minimum Gasteiger partial charge on any atom is -0.350 e. The van der Waals surface area contributed by atoms with Gasteiger partial charge in [-0.2, -0.15) is 0 Å². The van der Waals surface area contributed by atoms with Gasteiger partial charge in [-0.15, -0.1) is 11.3 Å². The predicted octanol–water partition coefficient (Wildman–Crippen LogP) is 6.01. The average molecular weight is 617 g/mol. The Morgan fingerprint density at radius 2 is 1.85 bits per heavy atom. The predicted molar refractivity (Wildman–Crippen MR) is 160 cm³/mol. The maximum atomic E-state index is 13.5. The van der Waals surface area contributed by atoms with Crippen LogP contribution in [0.25, 0.3) is 10.4 Å². The molecule has 1 aromatic heterocycles. The molecule has 0 spiro atoms. The number of carbonyl (C=O) groups is 2. The standard InChI is InChI=1S/C30H33ClN2O6S2/c31-23-11-9-21(10-12-23)18-27(34)32-24-7-5-6-22(19-24)25-13-14-26(40-25)30(15-2-4-17-41(30,36)37)20-28(35)33-39-29-8-1-3-16-38-29/h5-7,9-14,19,29H,1-4,8,15-18,20H2,(H,32,34)(H,33,35)/t29?,30-/m0/s1. The van der Waals surface area contributed by atoms with Gasteiger partial charge in [0.15, 0.2) is 16.1 Å². The molecule has 2 atom stereocenters. The number of thiophene rings is 1. The van der Waals surface area contributed by atoms with Crippen LogP contribution < -0.4 is 10.8 Å². The lowest BCUT2D eigenvalue weighted by Gasteiger charge is -2.35. The first kappa shape index (κ1) is 29.7. The molecule has 1 unspecified atom stereocenters. The Labute approximate surface area is 249 Å². The molecule has 2 aliphatic heterocycles. The maximum Gasteiger partial charge on any atom is 0.245 e. The molecule has 2 aromatic carbocycles. The van der Waals surface area contributed by atoms with Crippen molar-refractivity contribution < 1.29 is 27.6 Å². The van der Waals surface area contributed by atoms with Crippen LogP contribution in [0.5, 0.6) is 0 Å². The van der Waals surface area contributed by atoms with Gasteiger partial charge in [0.1, 0.15) is 4.75 Å². The highest BCUT2D eigenvalue weighted by Crippen LogP contribution is 2.47. The van der Waals surface area contributed by atoms with Crippen molar-refractivity contribution in [1.82, 2.24) is 5.48 Å². The number of halogens is 1. The van der Waals surface area contributed by atoms with Crippen LogP contribution in [0.1, 0.15) is 55.4 Å². The summed E-state index contributed by atoms with van der Waals surface area (Å²) < 4.78 is 31.3. The van der Waals surface area contributed by atoms with E-state index in [0.717, 1.165) is 28.8 Å². The molecular formula is C30H33ClN2O6S2. The highest BCUT2D eigenvalue weighted by Gasteiger charge is 2.49. The van der Waals surface area contributed by atoms with Gasteiger partial charge in [0.2, 0.25) is 11.8 Å². The Kier molecular flexibility index (Phi) is 9.45. The van der Waals surface area contributed by atoms with E-state index in [1.807, 2.05) is 48.5 Å². The first-order valence-electron chi connectivity index (χ1n) is 13.8. The molecule has 2 N–H and O–H groups in total. The topological polar surface area (TPSA) is 111 Å². The van der Waals surface area contributed by atoms with Crippen LogP contribution in [0.3, 0.4) is 0 Å². The van der Waals surface area contributed by atoms with Crippen molar-refractivity contribution >= 4 is 50.3 Å². The van der Waals surface area contributed by atoms with Gasteiger partial charge in [-0.3, -0.25) is 9.59 Å². The van der Waals surface area contributed by atoms with E-state index in [1.165, 1.54) is 11.3 Å². The second-order valence-corrected chi connectivity index (χ2v) is 14.4. The molecule has 2 aliphatic rings. The van der Waals surface area contributed by atoms with Gasteiger partial charge in [-0.1, -0.05) is 42.3 Å². The van der Waals surface area contributed by atoms with E-state index < -0.39 is 26.8 Å². The molecule has 218 valence electrons. The van der Waals surface area contributed by atoms with Crippen molar-refractivity contribution in [3.05, 3.63) is 76.1 Å². The van der Waals surface area contributed by atoms with Crippen LogP contribution in [0, 0.1) is 0 Å².